The number of carboxylic acids is 1. The van der Waals surface area contributed by atoms with Crippen LogP contribution in [0.4, 0.5) is 0 Å². The van der Waals surface area contributed by atoms with Gasteiger partial charge in [0.1, 0.15) is 5.78 Å². The van der Waals surface area contributed by atoms with E-state index in [0.29, 0.717) is 11.4 Å². The molecule has 0 aliphatic carbocycles. The van der Waals surface area contributed by atoms with E-state index < -0.39 is 11.4 Å². The molecule has 0 radical (unpaired) electrons. The molecule has 0 heterocycles. The fourth-order valence-electron chi connectivity index (χ4n) is 2.91. The molecule has 0 aromatic heterocycles. The lowest BCUT2D eigenvalue weighted by atomic mass is 9.69. The monoisotopic (exact) mass is 330 g/mol. The first-order valence-electron chi connectivity index (χ1n) is 7.47. The van der Waals surface area contributed by atoms with E-state index in [-0.39, 0.29) is 18.6 Å². The molecule has 4 heteroatoms. The van der Waals surface area contributed by atoms with E-state index in [2.05, 4.69) is 0 Å². The van der Waals surface area contributed by atoms with Crippen LogP contribution in [0.15, 0.2) is 54.6 Å². The molecule has 0 fully saturated rings. The van der Waals surface area contributed by atoms with Gasteiger partial charge >= 0.3 is 5.97 Å². The summed E-state index contributed by atoms with van der Waals surface area (Å²) in [4.78, 5) is 23.6. The smallest absolute Gasteiger partial charge is 0.303 e. The van der Waals surface area contributed by atoms with Crippen LogP contribution in [0.2, 0.25) is 5.02 Å². The molecular formula is C19H19ClO3. The molecule has 2 aromatic rings. The fourth-order valence-corrected chi connectivity index (χ4v) is 3.12. The highest BCUT2D eigenvalue weighted by Crippen LogP contribution is 2.35. The number of rotatable bonds is 7. The van der Waals surface area contributed by atoms with Crippen molar-refractivity contribution >= 4 is 23.4 Å². The first-order chi connectivity index (χ1) is 10.9. The quantitative estimate of drug-likeness (QED) is 0.824. The number of hydrogen-bond acceptors (Lipinski definition) is 2. The zero-order valence-corrected chi connectivity index (χ0v) is 13.7. The second-order valence-electron chi connectivity index (χ2n) is 5.70. The number of halogens is 1. The molecule has 0 saturated heterocycles. The lowest BCUT2D eigenvalue weighted by Crippen LogP contribution is -2.37. The summed E-state index contributed by atoms with van der Waals surface area (Å²) in [6.07, 6.45) is 0.628. The second-order valence-corrected chi connectivity index (χ2v) is 6.14. The molecule has 0 saturated carbocycles. The largest absolute Gasteiger partial charge is 0.481 e. The van der Waals surface area contributed by atoms with Crippen LogP contribution in [0.5, 0.6) is 0 Å². The molecular weight excluding hydrogens is 312 g/mol. The number of benzene rings is 2. The zero-order valence-electron chi connectivity index (χ0n) is 13.0. The molecule has 1 unspecified atom stereocenters. The van der Waals surface area contributed by atoms with Crippen LogP contribution in [0.1, 0.15) is 30.9 Å². The number of ketones is 1. The summed E-state index contributed by atoms with van der Waals surface area (Å²) in [5, 5.41) is 9.69. The summed E-state index contributed by atoms with van der Waals surface area (Å²) in [6, 6.07) is 16.7. The van der Waals surface area contributed by atoms with Crippen LogP contribution in [0, 0.1) is 0 Å². The molecule has 0 amide bonds. The van der Waals surface area contributed by atoms with E-state index in [1.165, 1.54) is 6.92 Å². The van der Waals surface area contributed by atoms with Crippen LogP contribution in [0.25, 0.3) is 0 Å². The predicted octanol–water partition coefficient (Wildman–Crippen LogP) is 4.27. The molecule has 0 aliphatic rings. The highest BCUT2D eigenvalue weighted by atomic mass is 35.5. The summed E-state index contributed by atoms with van der Waals surface area (Å²) >= 11 is 6.05. The summed E-state index contributed by atoms with van der Waals surface area (Å²) in [5.41, 5.74) is 0.903. The van der Waals surface area contributed by atoms with Gasteiger partial charge in [-0.3, -0.25) is 9.59 Å². The van der Waals surface area contributed by atoms with Crippen molar-refractivity contribution in [2.45, 2.75) is 31.6 Å². The van der Waals surface area contributed by atoms with Gasteiger partial charge in [-0.2, -0.15) is 0 Å². The summed E-state index contributed by atoms with van der Waals surface area (Å²) in [6.45, 7) is 1.53. The average molecular weight is 331 g/mol. The first kappa shape index (κ1) is 17.2. The van der Waals surface area contributed by atoms with Crippen molar-refractivity contribution in [3.63, 3.8) is 0 Å². The SMILES string of the molecule is CC(=O)C(CCC(=O)O)(Cc1cccc(Cl)c1)c1ccccc1. The van der Waals surface area contributed by atoms with Crippen LogP contribution >= 0.6 is 11.6 Å². The van der Waals surface area contributed by atoms with Gasteiger partial charge < -0.3 is 5.11 Å². The minimum absolute atomic E-state index is 0.0371. The number of hydrogen-bond donors (Lipinski definition) is 1. The highest BCUT2D eigenvalue weighted by Gasteiger charge is 2.37. The molecule has 3 nitrogen and oxygen atoms in total. The highest BCUT2D eigenvalue weighted by molar-refractivity contribution is 6.30. The number of Topliss-reactive ketones (excluding diaryl/α,β-unsaturated/α-hetero) is 1. The minimum atomic E-state index is -0.905. The normalized spacial score (nSPS) is 13.3. The van der Waals surface area contributed by atoms with Crippen LogP contribution in [0.3, 0.4) is 0 Å². The molecule has 2 aromatic carbocycles. The molecule has 1 atom stereocenters. The van der Waals surface area contributed by atoms with Gasteiger partial charge in [-0.05, 0) is 43.0 Å². The van der Waals surface area contributed by atoms with E-state index in [1.807, 2.05) is 48.5 Å². The Morgan fingerprint density at radius 3 is 2.35 bits per heavy atom. The molecule has 1 N–H and O–H groups in total. The third-order valence-electron chi connectivity index (χ3n) is 4.16. The summed E-state index contributed by atoms with van der Waals surface area (Å²) in [5.74, 6) is -0.942. The van der Waals surface area contributed by atoms with Gasteiger partial charge in [-0.1, -0.05) is 54.1 Å². The van der Waals surface area contributed by atoms with Crippen molar-refractivity contribution in [3.05, 3.63) is 70.7 Å². The minimum Gasteiger partial charge on any atom is -0.481 e. The Kier molecular flexibility index (Phi) is 5.56. The number of carboxylic acid groups (broad SMARTS) is 1. The van der Waals surface area contributed by atoms with Crippen molar-refractivity contribution in [3.8, 4) is 0 Å². The van der Waals surface area contributed by atoms with Gasteiger partial charge in [0.05, 0.1) is 5.41 Å². The fraction of sp³-hybridized carbons (Fsp3) is 0.263. The molecule has 120 valence electrons. The Labute approximate surface area is 140 Å². The second kappa shape index (κ2) is 7.42. The van der Waals surface area contributed by atoms with Gasteiger partial charge in [0.25, 0.3) is 0 Å². The van der Waals surface area contributed by atoms with Crippen molar-refractivity contribution in [1.82, 2.24) is 0 Å². The Bertz CT molecular complexity index is 697. The molecule has 2 rings (SSSR count). The van der Waals surface area contributed by atoms with Gasteiger partial charge in [-0.25, -0.2) is 0 Å². The molecule has 0 bridgehead atoms. The van der Waals surface area contributed by atoms with Crippen LogP contribution in [-0.2, 0) is 21.4 Å². The standard InChI is InChI=1S/C19H19ClO3/c1-14(21)19(11-10-18(22)23,16-7-3-2-4-8-16)13-15-6-5-9-17(20)12-15/h2-9,12H,10-11,13H2,1H3,(H,22,23). The van der Waals surface area contributed by atoms with E-state index in [9.17, 15) is 9.59 Å². The van der Waals surface area contributed by atoms with Gasteiger partial charge in [0.15, 0.2) is 0 Å². The first-order valence-corrected chi connectivity index (χ1v) is 7.85. The Balaban J connectivity index is 2.47. The van der Waals surface area contributed by atoms with Crippen molar-refractivity contribution in [2.75, 3.05) is 0 Å². The zero-order chi connectivity index (χ0) is 16.9. The van der Waals surface area contributed by atoms with E-state index in [4.69, 9.17) is 16.7 Å². The maximum atomic E-state index is 12.5. The number of carbonyl (C=O) groups is 2. The number of aliphatic carboxylic acids is 1. The Morgan fingerprint density at radius 1 is 1.09 bits per heavy atom. The van der Waals surface area contributed by atoms with E-state index in [1.54, 1.807) is 6.07 Å². The maximum absolute atomic E-state index is 12.5. The van der Waals surface area contributed by atoms with Crippen molar-refractivity contribution < 1.29 is 14.7 Å². The number of carbonyl (C=O) groups excluding carboxylic acids is 1. The Hall–Kier alpha value is -2.13. The van der Waals surface area contributed by atoms with Crippen molar-refractivity contribution in [2.24, 2.45) is 0 Å². The van der Waals surface area contributed by atoms with Gasteiger partial charge in [0.2, 0.25) is 0 Å². The van der Waals surface area contributed by atoms with Crippen LogP contribution < -0.4 is 0 Å². The maximum Gasteiger partial charge on any atom is 0.303 e. The van der Waals surface area contributed by atoms with Crippen LogP contribution in [-0.4, -0.2) is 16.9 Å². The van der Waals surface area contributed by atoms with Gasteiger partial charge in [0, 0.05) is 11.4 Å². The topological polar surface area (TPSA) is 54.4 Å². The lowest BCUT2D eigenvalue weighted by Gasteiger charge is -2.32. The lowest BCUT2D eigenvalue weighted by molar-refractivity contribution is -0.137. The van der Waals surface area contributed by atoms with Crippen molar-refractivity contribution in [1.29, 1.82) is 0 Å². The predicted molar refractivity (Wildman–Crippen MR) is 90.8 cm³/mol. The van der Waals surface area contributed by atoms with E-state index in [0.717, 1.165) is 11.1 Å². The third-order valence-corrected chi connectivity index (χ3v) is 4.40. The van der Waals surface area contributed by atoms with E-state index >= 15 is 0 Å². The molecule has 0 spiro atoms. The Morgan fingerprint density at radius 2 is 1.78 bits per heavy atom. The summed E-state index contributed by atoms with van der Waals surface area (Å²) < 4.78 is 0. The average Bonchev–Trinajstić information content (AvgIpc) is 2.52. The molecule has 23 heavy (non-hydrogen) atoms. The third kappa shape index (κ3) is 4.20. The summed E-state index contributed by atoms with van der Waals surface area (Å²) in [7, 11) is 0. The molecule has 0 aliphatic heterocycles. The van der Waals surface area contributed by atoms with Gasteiger partial charge in [-0.15, -0.1) is 0 Å².